The van der Waals surface area contributed by atoms with Gasteiger partial charge in [0.15, 0.2) is 5.82 Å². The van der Waals surface area contributed by atoms with E-state index in [1.807, 2.05) is 4.90 Å². The van der Waals surface area contributed by atoms with Gasteiger partial charge in [0.2, 0.25) is 0 Å². The molecular formula is C21H21FN4O3. The highest BCUT2D eigenvalue weighted by atomic mass is 19.1. The Balaban J connectivity index is 1.72. The van der Waals surface area contributed by atoms with Crippen molar-refractivity contribution in [3.63, 3.8) is 0 Å². The number of amides is 1. The molecule has 150 valence electrons. The standard InChI is InChI=1S/C21H21FN4O3/c1-2-29-21(28)26-11-9-25(10-12-26)20-16-13-14(22)7-8-17(16)23-19(24-20)15-5-3-4-6-18(15)27/h3-8,13,27H,2,9-12H2,1H3. The van der Waals surface area contributed by atoms with Crippen LogP contribution in [0, 0.1) is 5.82 Å². The van der Waals surface area contributed by atoms with E-state index in [1.165, 1.54) is 12.1 Å². The number of fused-ring (bicyclic) bond motifs is 1. The summed E-state index contributed by atoms with van der Waals surface area (Å²) in [4.78, 5) is 24.8. The molecular weight excluding hydrogens is 375 g/mol. The van der Waals surface area contributed by atoms with Crippen LogP contribution in [0.1, 0.15) is 6.92 Å². The monoisotopic (exact) mass is 396 g/mol. The summed E-state index contributed by atoms with van der Waals surface area (Å²) < 4.78 is 19.0. The number of halogens is 1. The Hall–Kier alpha value is -3.42. The van der Waals surface area contributed by atoms with Crippen LogP contribution >= 0.6 is 0 Å². The van der Waals surface area contributed by atoms with Gasteiger partial charge < -0.3 is 19.6 Å². The first-order valence-corrected chi connectivity index (χ1v) is 9.49. The Bertz CT molecular complexity index is 1050. The lowest BCUT2D eigenvalue weighted by Crippen LogP contribution is -2.49. The van der Waals surface area contributed by atoms with Gasteiger partial charge in [-0.15, -0.1) is 0 Å². The number of nitrogens with zero attached hydrogens (tertiary/aromatic N) is 4. The predicted molar refractivity (Wildman–Crippen MR) is 107 cm³/mol. The fourth-order valence-corrected chi connectivity index (χ4v) is 3.42. The zero-order valence-electron chi connectivity index (χ0n) is 16.0. The molecule has 8 heteroatoms. The van der Waals surface area contributed by atoms with E-state index in [0.29, 0.717) is 60.9 Å². The highest BCUT2D eigenvalue weighted by Gasteiger charge is 2.25. The van der Waals surface area contributed by atoms with Crippen molar-refractivity contribution < 1.29 is 19.0 Å². The van der Waals surface area contributed by atoms with Crippen LogP contribution in [-0.2, 0) is 4.74 Å². The average molecular weight is 396 g/mol. The molecule has 0 bridgehead atoms. The number of aromatic nitrogens is 2. The van der Waals surface area contributed by atoms with Crippen molar-refractivity contribution in [2.45, 2.75) is 6.92 Å². The van der Waals surface area contributed by atoms with Gasteiger partial charge in [0, 0.05) is 31.6 Å². The molecule has 4 rings (SSSR count). The molecule has 0 saturated carbocycles. The molecule has 0 unspecified atom stereocenters. The first kappa shape index (κ1) is 18.9. The molecule has 0 atom stereocenters. The molecule has 1 aromatic heterocycles. The number of phenolic OH excluding ortho intramolecular Hbond substituents is 1. The summed E-state index contributed by atoms with van der Waals surface area (Å²) in [5.41, 5.74) is 1.09. The number of benzene rings is 2. The van der Waals surface area contributed by atoms with E-state index >= 15 is 0 Å². The largest absolute Gasteiger partial charge is 0.507 e. The smallest absolute Gasteiger partial charge is 0.409 e. The van der Waals surface area contributed by atoms with Crippen molar-refractivity contribution in [2.75, 3.05) is 37.7 Å². The van der Waals surface area contributed by atoms with Crippen molar-refractivity contribution in [1.29, 1.82) is 0 Å². The van der Waals surface area contributed by atoms with E-state index in [4.69, 9.17) is 4.74 Å². The average Bonchev–Trinajstić information content (AvgIpc) is 2.74. The molecule has 1 amide bonds. The fraction of sp³-hybridized carbons (Fsp3) is 0.286. The number of carbonyl (C=O) groups is 1. The number of para-hydroxylation sites is 1. The van der Waals surface area contributed by atoms with E-state index in [0.717, 1.165) is 0 Å². The summed E-state index contributed by atoms with van der Waals surface area (Å²) in [5.74, 6) is 0.649. The molecule has 1 saturated heterocycles. The lowest BCUT2D eigenvalue weighted by Gasteiger charge is -2.35. The number of aromatic hydroxyl groups is 1. The minimum atomic E-state index is -0.372. The number of hydrogen-bond donors (Lipinski definition) is 1. The zero-order chi connectivity index (χ0) is 20.4. The zero-order valence-corrected chi connectivity index (χ0v) is 16.0. The maximum absolute atomic E-state index is 13.9. The molecule has 2 heterocycles. The third-order valence-corrected chi connectivity index (χ3v) is 4.89. The van der Waals surface area contributed by atoms with Crippen molar-refractivity contribution in [3.8, 4) is 17.1 Å². The van der Waals surface area contributed by atoms with Gasteiger partial charge in [-0.25, -0.2) is 19.2 Å². The van der Waals surface area contributed by atoms with E-state index < -0.39 is 0 Å². The number of piperazine rings is 1. The number of hydrogen-bond acceptors (Lipinski definition) is 6. The molecule has 1 N–H and O–H groups in total. The molecule has 1 fully saturated rings. The molecule has 0 radical (unpaired) electrons. The van der Waals surface area contributed by atoms with E-state index in [1.54, 1.807) is 42.2 Å². The lowest BCUT2D eigenvalue weighted by atomic mass is 10.1. The van der Waals surface area contributed by atoms with Gasteiger partial charge in [0.1, 0.15) is 17.4 Å². The Kier molecular flexibility index (Phi) is 5.16. The van der Waals surface area contributed by atoms with Crippen molar-refractivity contribution in [2.24, 2.45) is 0 Å². The van der Waals surface area contributed by atoms with Crippen LogP contribution in [0.25, 0.3) is 22.3 Å². The molecule has 0 spiro atoms. The molecule has 3 aromatic rings. The Labute approximate surface area is 167 Å². The Morgan fingerprint density at radius 3 is 2.62 bits per heavy atom. The van der Waals surface area contributed by atoms with Crippen molar-refractivity contribution >= 4 is 22.8 Å². The maximum atomic E-state index is 13.9. The number of rotatable bonds is 3. The predicted octanol–water partition coefficient (Wildman–Crippen LogP) is 3.42. The third kappa shape index (κ3) is 3.78. The van der Waals surface area contributed by atoms with Crippen molar-refractivity contribution in [3.05, 3.63) is 48.3 Å². The molecule has 0 aliphatic carbocycles. The first-order chi connectivity index (χ1) is 14.1. The summed E-state index contributed by atoms with van der Waals surface area (Å²) in [6.45, 7) is 4.12. The van der Waals surface area contributed by atoms with E-state index in [2.05, 4.69) is 9.97 Å². The number of carbonyl (C=O) groups excluding carboxylic acids is 1. The van der Waals surface area contributed by atoms with Crippen LogP contribution in [0.5, 0.6) is 5.75 Å². The number of ether oxygens (including phenoxy) is 1. The van der Waals surface area contributed by atoms with Gasteiger partial charge in [-0.2, -0.15) is 0 Å². The maximum Gasteiger partial charge on any atom is 0.409 e. The summed E-state index contributed by atoms with van der Waals surface area (Å²) in [7, 11) is 0. The first-order valence-electron chi connectivity index (χ1n) is 9.49. The summed E-state index contributed by atoms with van der Waals surface area (Å²) in [6.07, 6.45) is -0.333. The second kappa shape index (κ2) is 7.90. The molecule has 7 nitrogen and oxygen atoms in total. The number of anilines is 1. The lowest BCUT2D eigenvalue weighted by molar-refractivity contribution is 0.105. The van der Waals surface area contributed by atoms with Gasteiger partial charge in [-0.3, -0.25) is 0 Å². The summed E-state index contributed by atoms with van der Waals surface area (Å²) in [6, 6.07) is 11.2. The normalized spacial score (nSPS) is 14.3. The van der Waals surface area contributed by atoms with Gasteiger partial charge in [0.25, 0.3) is 0 Å². The topological polar surface area (TPSA) is 78.8 Å². The van der Waals surface area contributed by atoms with Gasteiger partial charge >= 0.3 is 6.09 Å². The van der Waals surface area contributed by atoms with Crippen LogP contribution in [0.2, 0.25) is 0 Å². The molecule has 1 aliphatic heterocycles. The molecule has 29 heavy (non-hydrogen) atoms. The highest BCUT2D eigenvalue weighted by Crippen LogP contribution is 2.32. The van der Waals surface area contributed by atoms with Gasteiger partial charge in [0.05, 0.1) is 17.7 Å². The van der Waals surface area contributed by atoms with E-state index in [9.17, 15) is 14.3 Å². The third-order valence-electron chi connectivity index (χ3n) is 4.89. The van der Waals surface area contributed by atoms with Gasteiger partial charge in [-0.1, -0.05) is 12.1 Å². The minimum Gasteiger partial charge on any atom is -0.507 e. The van der Waals surface area contributed by atoms with Crippen LogP contribution < -0.4 is 4.90 Å². The van der Waals surface area contributed by atoms with Crippen LogP contribution in [0.15, 0.2) is 42.5 Å². The summed E-state index contributed by atoms with van der Waals surface area (Å²) >= 11 is 0. The quantitative estimate of drug-likeness (QED) is 0.731. The van der Waals surface area contributed by atoms with Gasteiger partial charge in [-0.05, 0) is 37.3 Å². The van der Waals surface area contributed by atoms with E-state index in [-0.39, 0.29) is 17.7 Å². The SMILES string of the molecule is CCOC(=O)N1CCN(c2nc(-c3ccccc3O)nc3ccc(F)cc23)CC1. The van der Waals surface area contributed by atoms with Crippen LogP contribution in [-0.4, -0.2) is 58.9 Å². The minimum absolute atomic E-state index is 0.0760. The van der Waals surface area contributed by atoms with Crippen LogP contribution in [0.3, 0.4) is 0 Å². The summed E-state index contributed by atoms with van der Waals surface area (Å²) in [5, 5.41) is 10.8. The number of phenols is 1. The second-order valence-corrected chi connectivity index (χ2v) is 6.72. The highest BCUT2D eigenvalue weighted by molar-refractivity contribution is 5.91. The Morgan fingerprint density at radius 2 is 1.90 bits per heavy atom. The Morgan fingerprint density at radius 1 is 1.14 bits per heavy atom. The van der Waals surface area contributed by atoms with Crippen LogP contribution in [0.4, 0.5) is 15.0 Å². The molecule has 1 aliphatic rings. The second-order valence-electron chi connectivity index (χ2n) is 6.72. The molecule has 2 aromatic carbocycles. The fourth-order valence-electron chi connectivity index (χ4n) is 3.42. The van der Waals surface area contributed by atoms with Crippen molar-refractivity contribution in [1.82, 2.24) is 14.9 Å².